The number of nitrogens with zero attached hydrogens (tertiary/aromatic N) is 1. The monoisotopic (exact) mass is 304 g/mol. The van der Waals surface area contributed by atoms with E-state index in [1.807, 2.05) is 45.0 Å². The summed E-state index contributed by atoms with van der Waals surface area (Å²) in [5.74, 6) is -0.313. The summed E-state index contributed by atoms with van der Waals surface area (Å²) in [7, 11) is 0. The average molecular weight is 304 g/mol. The van der Waals surface area contributed by atoms with Crippen molar-refractivity contribution in [2.75, 3.05) is 6.54 Å². The quantitative estimate of drug-likeness (QED) is 0.820. The molecule has 2 N–H and O–H groups in total. The van der Waals surface area contributed by atoms with Crippen molar-refractivity contribution in [2.24, 2.45) is 0 Å². The zero-order valence-corrected chi connectivity index (χ0v) is 13.6. The third kappa shape index (κ3) is 2.61. The molecule has 0 aliphatic carbocycles. The van der Waals surface area contributed by atoms with Crippen molar-refractivity contribution in [3.05, 3.63) is 35.4 Å². The molecule has 0 radical (unpaired) electrons. The van der Waals surface area contributed by atoms with E-state index < -0.39 is 17.2 Å². The van der Waals surface area contributed by atoms with Gasteiger partial charge in [-0.3, -0.25) is 9.69 Å². The van der Waals surface area contributed by atoms with Crippen molar-refractivity contribution in [3.8, 4) is 0 Å². The number of hydrogen-bond acceptors (Lipinski definition) is 3. The molecule has 1 saturated heterocycles. The maximum absolute atomic E-state index is 12.8. The van der Waals surface area contributed by atoms with Gasteiger partial charge in [0.1, 0.15) is 5.54 Å². The molecular formula is C17H24N2O3. The summed E-state index contributed by atoms with van der Waals surface area (Å²) >= 11 is 0. The summed E-state index contributed by atoms with van der Waals surface area (Å²) in [5, 5.41) is 13.2. The van der Waals surface area contributed by atoms with Crippen LogP contribution in [0.1, 0.15) is 44.7 Å². The van der Waals surface area contributed by atoms with Gasteiger partial charge >= 0.3 is 6.03 Å². The standard InChI is InChI=1S/C17H24N2O3/c1-5-17(22,6-2)11-19-14(20)16(4,18-15(19)21)13-10-8-7-9-12(13)3/h7-10,22H,5-6,11H2,1-4H3,(H,18,21). The van der Waals surface area contributed by atoms with Crippen LogP contribution in [0.4, 0.5) is 4.79 Å². The number of aliphatic hydroxyl groups is 1. The van der Waals surface area contributed by atoms with Crippen molar-refractivity contribution in [2.45, 2.75) is 51.7 Å². The first-order chi connectivity index (χ1) is 10.3. The van der Waals surface area contributed by atoms with E-state index >= 15 is 0 Å². The highest BCUT2D eigenvalue weighted by molar-refractivity contribution is 6.07. The minimum atomic E-state index is -1.08. The highest BCUT2D eigenvalue weighted by Crippen LogP contribution is 2.32. The Labute approximate surface area is 131 Å². The van der Waals surface area contributed by atoms with Crippen LogP contribution in [-0.4, -0.2) is 34.1 Å². The van der Waals surface area contributed by atoms with E-state index in [4.69, 9.17) is 0 Å². The number of carbonyl (C=O) groups is 2. The number of hydrogen-bond donors (Lipinski definition) is 2. The molecule has 1 fully saturated rings. The molecule has 0 saturated carbocycles. The van der Waals surface area contributed by atoms with Crippen LogP contribution in [0, 0.1) is 6.92 Å². The molecule has 1 atom stereocenters. The van der Waals surface area contributed by atoms with Crippen LogP contribution in [0.2, 0.25) is 0 Å². The second-order valence-corrected chi connectivity index (χ2v) is 6.19. The minimum absolute atomic E-state index is 0.0200. The fourth-order valence-corrected chi connectivity index (χ4v) is 2.92. The van der Waals surface area contributed by atoms with E-state index in [0.717, 1.165) is 16.0 Å². The van der Waals surface area contributed by atoms with Crippen LogP contribution >= 0.6 is 0 Å². The molecule has 0 aromatic heterocycles. The number of rotatable bonds is 5. The van der Waals surface area contributed by atoms with Gasteiger partial charge in [-0.1, -0.05) is 38.1 Å². The molecule has 1 unspecified atom stereocenters. The van der Waals surface area contributed by atoms with Gasteiger partial charge in [0.25, 0.3) is 5.91 Å². The first kappa shape index (κ1) is 16.5. The zero-order chi connectivity index (χ0) is 16.5. The van der Waals surface area contributed by atoms with Gasteiger partial charge in [-0.2, -0.15) is 0 Å². The number of amides is 3. The van der Waals surface area contributed by atoms with E-state index in [1.165, 1.54) is 0 Å². The van der Waals surface area contributed by atoms with Crippen LogP contribution in [0.5, 0.6) is 0 Å². The van der Waals surface area contributed by atoms with Crippen molar-refractivity contribution in [1.29, 1.82) is 0 Å². The fraction of sp³-hybridized carbons (Fsp3) is 0.529. The number of imide groups is 1. The van der Waals surface area contributed by atoms with Crippen molar-refractivity contribution < 1.29 is 14.7 Å². The summed E-state index contributed by atoms with van der Waals surface area (Å²) in [6.45, 7) is 7.35. The van der Waals surface area contributed by atoms with Gasteiger partial charge in [0.15, 0.2) is 0 Å². The molecule has 0 bridgehead atoms. The van der Waals surface area contributed by atoms with E-state index in [1.54, 1.807) is 6.92 Å². The smallest absolute Gasteiger partial charge is 0.325 e. The fourth-order valence-electron chi connectivity index (χ4n) is 2.92. The molecule has 22 heavy (non-hydrogen) atoms. The lowest BCUT2D eigenvalue weighted by molar-refractivity contribution is -0.133. The topological polar surface area (TPSA) is 69.6 Å². The molecule has 3 amide bonds. The van der Waals surface area contributed by atoms with E-state index in [-0.39, 0.29) is 12.5 Å². The number of nitrogens with one attached hydrogen (secondary N) is 1. The first-order valence-electron chi connectivity index (χ1n) is 7.70. The van der Waals surface area contributed by atoms with Gasteiger partial charge in [0.05, 0.1) is 12.1 Å². The van der Waals surface area contributed by atoms with Gasteiger partial charge in [-0.25, -0.2) is 4.79 Å². The Bertz CT molecular complexity index is 595. The van der Waals surface area contributed by atoms with Crippen LogP contribution in [0.15, 0.2) is 24.3 Å². The van der Waals surface area contributed by atoms with Crippen molar-refractivity contribution in [1.82, 2.24) is 10.2 Å². The summed E-state index contributed by atoms with van der Waals surface area (Å²) < 4.78 is 0. The normalized spacial score (nSPS) is 22.1. The minimum Gasteiger partial charge on any atom is -0.388 e. The number of β-amino-alcohol motifs (C(OH)–C–C–N with tert-alkyl or cyclic N) is 1. The molecule has 120 valence electrons. The van der Waals surface area contributed by atoms with Gasteiger partial charge in [0, 0.05) is 0 Å². The SMILES string of the molecule is CCC(O)(CC)CN1C(=O)NC(C)(c2ccccc2C)C1=O. The van der Waals surface area contributed by atoms with Crippen LogP contribution < -0.4 is 5.32 Å². The van der Waals surface area contributed by atoms with Gasteiger partial charge in [0.2, 0.25) is 0 Å². The van der Waals surface area contributed by atoms with Crippen molar-refractivity contribution in [3.63, 3.8) is 0 Å². The first-order valence-corrected chi connectivity index (χ1v) is 7.70. The van der Waals surface area contributed by atoms with E-state index in [2.05, 4.69) is 5.32 Å². The maximum atomic E-state index is 12.8. The zero-order valence-electron chi connectivity index (χ0n) is 13.6. The Hall–Kier alpha value is -1.88. The average Bonchev–Trinajstić information content (AvgIpc) is 2.71. The largest absolute Gasteiger partial charge is 0.388 e. The number of aryl methyl sites for hydroxylation is 1. The Balaban J connectivity index is 2.35. The van der Waals surface area contributed by atoms with Crippen LogP contribution in [0.3, 0.4) is 0 Å². The molecule has 2 rings (SSSR count). The second kappa shape index (κ2) is 5.72. The summed E-state index contributed by atoms with van der Waals surface area (Å²) in [4.78, 5) is 26.2. The summed E-state index contributed by atoms with van der Waals surface area (Å²) in [6, 6.07) is 7.06. The van der Waals surface area contributed by atoms with Crippen LogP contribution in [-0.2, 0) is 10.3 Å². The highest BCUT2D eigenvalue weighted by atomic mass is 16.3. The summed E-state index contributed by atoms with van der Waals surface area (Å²) in [6.07, 6.45) is 0.975. The molecule has 5 nitrogen and oxygen atoms in total. The van der Waals surface area contributed by atoms with E-state index in [9.17, 15) is 14.7 Å². The number of benzene rings is 1. The van der Waals surface area contributed by atoms with E-state index in [0.29, 0.717) is 12.8 Å². The second-order valence-electron chi connectivity index (χ2n) is 6.19. The Morgan fingerprint density at radius 1 is 1.23 bits per heavy atom. The molecule has 1 aromatic carbocycles. The number of carbonyl (C=O) groups excluding carboxylic acids is 2. The molecule has 1 aromatic rings. The molecule has 1 heterocycles. The third-order valence-corrected chi connectivity index (χ3v) is 4.73. The Morgan fingerprint density at radius 3 is 2.36 bits per heavy atom. The lowest BCUT2D eigenvalue weighted by Crippen LogP contribution is -2.46. The molecule has 1 aliphatic rings. The molecular weight excluding hydrogens is 280 g/mol. The molecule has 5 heteroatoms. The van der Waals surface area contributed by atoms with Gasteiger partial charge < -0.3 is 10.4 Å². The Kier molecular flexibility index (Phi) is 4.29. The molecule has 0 spiro atoms. The Morgan fingerprint density at radius 2 is 1.82 bits per heavy atom. The number of urea groups is 1. The summed E-state index contributed by atoms with van der Waals surface area (Å²) in [5.41, 5.74) is -0.386. The molecule has 1 aliphatic heterocycles. The third-order valence-electron chi connectivity index (χ3n) is 4.73. The van der Waals surface area contributed by atoms with Gasteiger partial charge in [-0.15, -0.1) is 0 Å². The predicted molar refractivity (Wildman–Crippen MR) is 84.3 cm³/mol. The lowest BCUT2D eigenvalue weighted by atomic mass is 9.88. The van der Waals surface area contributed by atoms with Crippen LogP contribution in [0.25, 0.3) is 0 Å². The maximum Gasteiger partial charge on any atom is 0.325 e. The predicted octanol–water partition coefficient (Wildman–Crippen LogP) is 2.31. The lowest BCUT2D eigenvalue weighted by Gasteiger charge is -2.30. The van der Waals surface area contributed by atoms with Gasteiger partial charge in [-0.05, 0) is 37.8 Å². The van der Waals surface area contributed by atoms with Crippen molar-refractivity contribution >= 4 is 11.9 Å². The highest BCUT2D eigenvalue weighted by Gasteiger charge is 2.51.